The van der Waals surface area contributed by atoms with Crippen molar-refractivity contribution < 1.29 is 9.53 Å². The molecule has 7 heteroatoms. The van der Waals surface area contributed by atoms with Crippen molar-refractivity contribution in [3.8, 4) is 0 Å². The van der Waals surface area contributed by atoms with Crippen molar-refractivity contribution in [2.75, 3.05) is 46.2 Å². The van der Waals surface area contributed by atoms with Crippen LogP contribution in [0.5, 0.6) is 0 Å². The fraction of sp³-hybridized carbons (Fsp3) is 0.583. The molecule has 0 spiro atoms. The number of hydrogen-bond donors (Lipinski definition) is 2. The summed E-state index contributed by atoms with van der Waals surface area (Å²) in [6, 6.07) is 0. The average Bonchev–Trinajstić information content (AvgIpc) is 2.39. The molecule has 0 aliphatic carbocycles. The number of rotatable bonds is 8. The maximum atomic E-state index is 11.6. The van der Waals surface area contributed by atoms with Crippen LogP contribution in [0, 0.1) is 0 Å². The smallest absolute Gasteiger partial charge is 0.234 e. The summed E-state index contributed by atoms with van der Waals surface area (Å²) in [5.74, 6) is 0.697. The molecule has 0 radical (unpaired) electrons. The minimum atomic E-state index is -0.0284. The van der Waals surface area contributed by atoms with Crippen LogP contribution in [-0.4, -0.2) is 61.7 Å². The molecule has 1 aromatic rings. The summed E-state index contributed by atoms with van der Waals surface area (Å²) in [5, 5.41) is 5.67. The van der Waals surface area contributed by atoms with Gasteiger partial charge in [-0.05, 0) is 7.05 Å². The van der Waals surface area contributed by atoms with Gasteiger partial charge in [0.05, 0.1) is 31.2 Å². The summed E-state index contributed by atoms with van der Waals surface area (Å²) in [5.41, 5.74) is 0.825. The number of aromatic nitrogens is 2. The summed E-state index contributed by atoms with van der Waals surface area (Å²) >= 11 is 0. The highest BCUT2D eigenvalue weighted by Gasteiger charge is 2.07. The van der Waals surface area contributed by atoms with Gasteiger partial charge in [-0.1, -0.05) is 0 Å². The standard InChI is InChI=1S/C12H21N5O2/c1-13-11-7-15-10(6-16-11)8-17(2)9-12(18)14-4-5-19-3/h6-7H,4-5,8-9H2,1-3H3,(H,13,16)(H,14,18). The van der Waals surface area contributed by atoms with Crippen LogP contribution in [0.25, 0.3) is 0 Å². The number of likely N-dealkylation sites (N-methyl/N-ethyl adjacent to an activating group) is 1. The van der Waals surface area contributed by atoms with Gasteiger partial charge in [0.25, 0.3) is 0 Å². The largest absolute Gasteiger partial charge is 0.383 e. The second kappa shape index (κ2) is 8.39. The molecule has 0 bridgehead atoms. The van der Waals surface area contributed by atoms with E-state index in [4.69, 9.17) is 4.74 Å². The zero-order valence-electron chi connectivity index (χ0n) is 11.6. The number of carbonyl (C=O) groups excluding carboxylic acids is 1. The first kappa shape index (κ1) is 15.3. The second-order valence-corrected chi connectivity index (χ2v) is 4.16. The predicted octanol–water partition coefficient (Wildman–Crippen LogP) is -0.287. The molecule has 1 aromatic heterocycles. The molecule has 0 aliphatic rings. The molecular formula is C12H21N5O2. The molecule has 2 N–H and O–H groups in total. The highest BCUT2D eigenvalue weighted by atomic mass is 16.5. The van der Waals surface area contributed by atoms with Crippen molar-refractivity contribution in [3.05, 3.63) is 18.1 Å². The van der Waals surface area contributed by atoms with Gasteiger partial charge in [-0.2, -0.15) is 0 Å². The van der Waals surface area contributed by atoms with Crippen molar-refractivity contribution in [2.45, 2.75) is 6.54 Å². The summed E-state index contributed by atoms with van der Waals surface area (Å²) in [7, 11) is 5.26. The van der Waals surface area contributed by atoms with Crippen LogP contribution in [0.4, 0.5) is 5.82 Å². The molecular weight excluding hydrogens is 246 g/mol. The van der Waals surface area contributed by atoms with Gasteiger partial charge < -0.3 is 15.4 Å². The van der Waals surface area contributed by atoms with E-state index in [1.165, 1.54) is 0 Å². The first-order chi connectivity index (χ1) is 9.15. The lowest BCUT2D eigenvalue weighted by atomic mass is 10.4. The SMILES string of the molecule is CNc1cnc(CN(C)CC(=O)NCCOC)cn1. The Labute approximate surface area is 113 Å². The third kappa shape index (κ3) is 6.12. The van der Waals surface area contributed by atoms with E-state index in [9.17, 15) is 4.79 Å². The molecule has 0 unspecified atom stereocenters. The number of nitrogens with one attached hydrogen (secondary N) is 2. The minimum absolute atomic E-state index is 0.0284. The summed E-state index contributed by atoms with van der Waals surface area (Å²) < 4.78 is 4.86. The number of anilines is 1. The zero-order valence-corrected chi connectivity index (χ0v) is 11.6. The van der Waals surface area contributed by atoms with E-state index in [-0.39, 0.29) is 5.91 Å². The third-order valence-electron chi connectivity index (χ3n) is 2.44. The highest BCUT2D eigenvalue weighted by molar-refractivity contribution is 5.77. The fourth-order valence-electron chi connectivity index (χ4n) is 1.49. The lowest BCUT2D eigenvalue weighted by molar-refractivity contribution is -0.122. The second-order valence-electron chi connectivity index (χ2n) is 4.16. The Morgan fingerprint density at radius 2 is 2.21 bits per heavy atom. The summed E-state index contributed by atoms with van der Waals surface area (Å²) in [6.45, 7) is 1.94. The van der Waals surface area contributed by atoms with Crippen LogP contribution in [0.15, 0.2) is 12.4 Å². The van der Waals surface area contributed by atoms with Gasteiger partial charge in [0.2, 0.25) is 5.91 Å². The number of methoxy groups -OCH3 is 1. The lowest BCUT2D eigenvalue weighted by Crippen LogP contribution is -2.36. The van der Waals surface area contributed by atoms with Gasteiger partial charge in [-0.15, -0.1) is 0 Å². The quantitative estimate of drug-likeness (QED) is 0.630. The Bertz CT molecular complexity index is 382. The van der Waals surface area contributed by atoms with Crippen LogP contribution in [0.2, 0.25) is 0 Å². The van der Waals surface area contributed by atoms with Crippen molar-refractivity contribution in [3.63, 3.8) is 0 Å². The molecule has 1 heterocycles. The molecule has 0 saturated heterocycles. The molecule has 0 fully saturated rings. The van der Waals surface area contributed by atoms with Gasteiger partial charge in [-0.3, -0.25) is 14.7 Å². The van der Waals surface area contributed by atoms with Crippen molar-refractivity contribution in [1.29, 1.82) is 0 Å². The van der Waals surface area contributed by atoms with Crippen LogP contribution < -0.4 is 10.6 Å². The van der Waals surface area contributed by atoms with Gasteiger partial charge >= 0.3 is 0 Å². The maximum absolute atomic E-state index is 11.6. The van der Waals surface area contributed by atoms with Crippen molar-refractivity contribution in [1.82, 2.24) is 20.2 Å². The molecule has 0 saturated carbocycles. The number of ether oxygens (including phenoxy) is 1. The Hall–Kier alpha value is -1.73. The van der Waals surface area contributed by atoms with Gasteiger partial charge in [0, 0.05) is 27.2 Å². The van der Waals surface area contributed by atoms with E-state index < -0.39 is 0 Å². The Balaban J connectivity index is 2.33. The number of amides is 1. The van der Waals surface area contributed by atoms with Crippen LogP contribution in [0.3, 0.4) is 0 Å². The topological polar surface area (TPSA) is 79.4 Å². The number of hydrogen-bond acceptors (Lipinski definition) is 6. The Kier molecular flexibility index (Phi) is 6.76. The van der Waals surface area contributed by atoms with E-state index >= 15 is 0 Å². The zero-order chi connectivity index (χ0) is 14.1. The first-order valence-electron chi connectivity index (χ1n) is 6.08. The monoisotopic (exact) mass is 267 g/mol. The number of nitrogens with zero attached hydrogens (tertiary/aromatic N) is 3. The first-order valence-corrected chi connectivity index (χ1v) is 6.08. The fourth-order valence-corrected chi connectivity index (χ4v) is 1.49. The van der Waals surface area contributed by atoms with E-state index in [0.717, 1.165) is 11.5 Å². The molecule has 7 nitrogen and oxygen atoms in total. The lowest BCUT2D eigenvalue weighted by Gasteiger charge is -2.15. The average molecular weight is 267 g/mol. The van der Waals surface area contributed by atoms with Crippen LogP contribution in [-0.2, 0) is 16.1 Å². The van der Waals surface area contributed by atoms with Crippen molar-refractivity contribution in [2.24, 2.45) is 0 Å². The summed E-state index contributed by atoms with van der Waals surface area (Å²) in [6.07, 6.45) is 3.37. The van der Waals surface area contributed by atoms with Crippen LogP contribution >= 0.6 is 0 Å². The molecule has 0 atom stereocenters. The van der Waals surface area contributed by atoms with Gasteiger partial charge in [0.15, 0.2) is 0 Å². The van der Waals surface area contributed by atoms with Crippen molar-refractivity contribution >= 4 is 11.7 Å². The third-order valence-corrected chi connectivity index (χ3v) is 2.44. The number of carbonyl (C=O) groups is 1. The Morgan fingerprint density at radius 1 is 1.42 bits per heavy atom. The molecule has 1 rings (SSSR count). The Morgan fingerprint density at radius 3 is 2.79 bits per heavy atom. The highest BCUT2D eigenvalue weighted by Crippen LogP contribution is 2.01. The van der Waals surface area contributed by atoms with Gasteiger partial charge in [0.1, 0.15) is 5.82 Å². The van der Waals surface area contributed by atoms with E-state index in [2.05, 4.69) is 20.6 Å². The predicted molar refractivity (Wildman–Crippen MR) is 72.8 cm³/mol. The van der Waals surface area contributed by atoms with E-state index in [1.54, 1.807) is 26.6 Å². The normalized spacial score (nSPS) is 10.5. The van der Waals surface area contributed by atoms with E-state index in [0.29, 0.717) is 26.2 Å². The molecule has 0 aromatic carbocycles. The van der Waals surface area contributed by atoms with E-state index in [1.807, 2.05) is 11.9 Å². The summed E-state index contributed by atoms with van der Waals surface area (Å²) in [4.78, 5) is 21.9. The van der Waals surface area contributed by atoms with Crippen LogP contribution in [0.1, 0.15) is 5.69 Å². The minimum Gasteiger partial charge on any atom is -0.383 e. The molecule has 106 valence electrons. The molecule has 19 heavy (non-hydrogen) atoms. The molecule has 1 amide bonds. The van der Waals surface area contributed by atoms with Gasteiger partial charge in [-0.25, -0.2) is 4.98 Å². The molecule has 0 aliphatic heterocycles. The maximum Gasteiger partial charge on any atom is 0.234 e.